The molecule has 1 amide bonds. The van der Waals surface area contributed by atoms with Gasteiger partial charge in [0.05, 0.1) is 26.2 Å². The van der Waals surface area contributed by atoms with Crippen LogP contribution in [0.3, 0.4) is 0 Å². The predicted octanol–water partition coefficient (Wildman–Crippen LogP) is 2.48. The van der Waals surface area contributed by atoms with Gasteiger partial charge in [-0.15, -0.1) is 0 Å². The van der Waals surface area contributed by atoms with Crippen molar-refractivity contribution < 1.29 is 19.4 Å². The van der Waals surface area contributed by atoms with Gasteiger partial charge in [0, 0.05) is 19.1 Å². The molecule has 1 aromatic rings. The summed E-state index contributed by atoms with van der Waals surface area (Å²) in [6, 6.07) is 6.08. The standard InChI is InChI=1S/C22H34N2O4/c1-27-19-9-8-17(15-20(19)28-2)22(10-4-5-11-22)21(26)23-12-14-24-13-6-3-7-18(24)16-25/h8-9,15,18,25H,3-7,10-14,16H2,1-2H3,(H,23,26)/t18-/m0/s1. The van der Waals surface area contributed by atoms with E-state index in [1.54, 1.807) is 14.2 Å². The first-order chi connectivity index (χ1) is 13.6. The second-order valence-electron chi connectivity index (χ2n) is 7.98. The number of rotatable bonds is 8. The van der Waals surface area contributed by atoms with E-state index in [4.69, 9.17) is 9.47 Å². The molecule has 2 aliphatic rings. The Labute approximate surface area is 168 Å². The van der Waals surface area contributed by atoms with Gasteiger partial charge in [0.25, 0.3) is 0 Å². The number of benzene rings is 1. The lowest BCUT2D eigenvalue weighted by molar-refractivity contribution is -0.126. The molecule has 6 heteroatoms. The van der Waals surface area contributed by atoms with Crippen LogP contribution < -0.4 is 14.8 Å². The normalized spacial score (nSPS) is 22.0. The van der Waals surface area contributed by atoms with E-state index in [0.717, 1.165) is 50.8 Å². The number of methoxy groups -OCH3 is 2. The van der Waals surface area contributed by atoms with E-state index in [1.165, 1.54) is 12.8 Å². The Morgan fingerprint density at radius 3 is 2.61 bits per heavy atom. The van der Waals surface area contributed by atoms with Crippen molar-refractivity contribution in [2.24, 2.45) is 0 Å². The molecular formula is C22H34N2O4. The summed E-state index contributed by atoms with van der Waals surface area (Å²) >= 11 is 0. The van der Waals surface area contributed by atoms with Gasteiger partial charge in [0.2, 0.25) is 5.91 Å². The van der Waals surface area contributed by atoms with Crippen molar-refractivity contribution in [3.63, 3.8) is 0 Å². The molecule has 0 aromatic heterocycles. The Hall–Kier alpha value is -1.79. The van der Waals surface area contributed by atoms with Crippen LogP contribution in [0.15, 0.2) is 18.2 Å². The van der Waals surface area contributed by atoms with Gasteiger partial charge in [-0.05, 0) is 49.9 Å². The minimum Gasteiger partial charge on any atom is -0.493 e. The molecule has 3 rings (SSSR count). The zero-order valence-electron chi connectivity index (χ0n) is 17.2. The average molecular weight is 391 g/mol. The quantitative estimate of drug-likeness (QED) is 0.714. The third kappa shape index (κ3) is 4.28. The summed E-state index contributed by atoms with van der Waals surface area (Å²) in [6.07, 6.45) is 7.21. The fourth-order valence-corrected chi connectivity index (χ4v) is 4.80. The number of hydrogen-bond acceptors (Lipinski definition) is 5. The lowest BCUT2D eigenvalue weighted by atomic mass is 9.77. The molecule has 0 bridgehead atoms. The number of nitrogens with zero attached hydrogens (tertiary/aromatic N) is 1. The smallest absolute Gasteiger partial charge is 0.230 e. The number of likely N-dealkylation sites (tertiary alicyclic amines) is 1. The van der Waals surface area contributed by atoms with E-state index in [9.17, 15) is 9.90 Å². The van der Waals surface area contributed by atoms with E-state index in [0.29, 0.717) is 18.0 Å². The van der Waals surface area contributed by atoms with Crippen LogP contribution in [0.4, 0.5) is 0 Å². The Kier molecular flexibility index (Phi) is 7.18. The first-order valence-corrected chi connectivity index (χ1v) is 10.5. The molecule has 1 aliphatic carbocycles. The minimum absolute atomic E-state index is 0.106. The number of carbonyl (C=O) groups is 1. The molecule has 0 spiro atoms. The van der Waals surface area contributed by atoms with Gasteiger partial charge in [-0.1, -0.05) is 25.3 Å². The second-order valence-corrected chi connectivity index (χ2v) is 7.98. The SMILES string of the molecule is COc1ccc(C2(C(=O)NCCN3CCCC[C@H]3CO)CCCC2)cc1OC. The van der Waals surface area contributed by atoms with Gasteiger partial charge in [0.1, 0.15) is 0 Å². The first kappa shape index (κ1) is 20.9. The third-order valence-electron chi connectivity index (χ3n) is 6.47. The molecule has 1 aromatic carbocycles. The summed E-state index contributed by atoms with van der Waals surface area (Å²) in [4.78, 5) is 15.6. The van der Waals surface area contributed by atoms with Gasteiger partial charge in [0.15, 0.2) is 11.5 Å². The predicted molar refractivity (Wildman–Crippen MR) is 109 cm³/mol. The van der Waals surface area contributed by atoms with E-state index in [2.05, 4.69) is 10.2 Å². The van der Waals surface area contributed by atoms with Crippen molar-refractivity contribution in [2.75, 3.05) is 40.5 Å². The molecule has 6 nitrogen and oxygen atoms in total. The molecule has 1 aliphatic heterocycles. The van der Waals surface area contributed by atoms with E-state index >= 15 is 0 Å². The Bertz CT molecular complexity index is 658. The summed E-state index contributed by atoms with van der Waals surface area (Å²) < 4.78 is 10.8. The topological polar surface area (TPSA) is 71.0 Å². The fraction of sp³-hybridized carbons (Fsp3) is 0.682. The van der Waals surface area contributed by atoms with Crippen molar-refractivity contribution in [3.05, 3.63) is 23.8 Å². The van der Waals surface area contributed by atoms with Crippen molar-refractivity contribution in [1.29, 1.82) is 0 Å². The summed E-state index contributed by atoms with van der Waals surface area (Å²) in [6.45, 7) is 2.61. The number of hydrogen-bond donors (Lipinski definition) is 2. The number of nitrogens with one attached hydrogen (secondary N) is 1. The maximum Gasteiger partial charge on any atom is 0.230 e. The van der Waals surface area contributed by atoms with Crippen LogP contribution >= 0.6 is 0 Å². The van der Waals surface area contributed by atoms with Gasteiger partial charge in [-0.2, -0.15) is 0 Å². The van der Waals surface area contributed by atoms with Crippen molar-refractivity contribution in [3.8, 4) is 11.5 Å². The van der Waals surface area contributed by atoms with E-state index in [-0.39, 0.29) is 18.6 Å². The van der Waals surface area contributed by atoms with Crippen molar-refractivity contribution in [1.82, 2.24) is 10.2 Å². The number of ether oxygens (including phenoxy) is 2. The number of piperidine rings is 1. The summed E-state index contributed by atoms with van der Waals surface area (Å²) in [7, 11) is 3.25. The highest BCUT2D eigenvalue weighted by Crippen LogP contribution is 2.43. The maximum absolute atomic E-state index is 13.3. The molecule has 1 heterocycles. The molecule has 0 unspecified atom stereocenters. The molecular weight excluding hydrogens is 356 g/mol. The first-order valence-electron chi connectivity index (χ1n) is 10.5. The molecule has 2 N–H and O–H groups in total. The van der Waals surface area contributed by atoms with E-state index < -0.39 is 5.41 Å². The van der Waals surface area contributed by atoms with Crippen LogP contribution in [0.25, 0.3) is 0 Å². The molecule has 1 saturated carbocycles. The number of aliphatic hydroxyl groups is 1. The van der Waals surface area contributed by atoms with Gasteiger partial charge >= 0.3 is 0 Å². The zero-order valence-corrected chi connectivity index (χ0v) is 17.2. The molecule has 1 saturated heterocycles. The Morgan fingerprint density at radius 1 is 1.18 bits per heavy atom. The highest BCUT2D eigenvalue weighted by Gasteiger charge is 2.43. The maximum atomic E-state index is 13.3. The minimum atomic E-state index is -0.488. The van der Waals surface area contributed by atoms with Crippen LogP contribution in [0, 0.1) is 0 Å². The third-order valence-corrected chi connectivity index (χ3v) is 6.47. The van der Waals surface area contributed by atoms with Crippen molar-refractivity contribution >= 4 is 5.91 Å². The molecule has 0 radical (unpaired) electrons. The van der Waals surface area contributed by atoms with Crippen LogP contribution in [-0.4, -0.2) is 62.4 Å². The van der Waals surface area contributed by atoms with Crippen molar-refractivity contribution in [2.45, 2.75) is 56.4 Å². The monoisotopic (exact) mass is 390 g/mol. The molecule has 1 atom stereocenters. The van der Waals surface area contributed by atoms with Crippen LogP contribution in [0.5, 0.6) is 11.5 Å². The number of aliphatic hydroxyl groups excluding tert-OH is 1. The van der Waals surface area contributed by atoms with E-state index in [1.807, 2.05) is 18.2 Å². The lowest BCUT2D eigenvalue weighted by Crippen LogP contribution is -2.48. The second kappa shape index (κ2) is 9.61. The van der Waals surface area contributed by atoms with Gasteiger partial charge < -0.3 is 19.9 Å². The summed E-state index contributed by atoms with van der Waals surface area (Å²) in [5.41, 5.74) is 0.518. The summed E-state index contributed by atoms with van der Waals surface area (Å²) in [5.74, 6) is 1.45. The van der Waals surface area contributed by atoms with Crippen LogP contribution in [-0.2, 0) is 10.2 Å². The lowest BCUT2D eigenvalue weighted by Gasteiger charge is -2.35. The summed E-state index contributed by atoms with van der Waals surface area (Å²) in [5, 5.41) is 12.8. The fourth-order valence-electron chi connectivity index (χ4n) is 4.80. The Balaban J connectivity index is 1.68. The zero-order chi connectivity index (χ0) is 20.0. The largest absolute Gasteiger partial charge is 0.493 e. The van der Waals surface area contributed by atoms with Gasteiger partial charge in [-0.3, -0.25) is 9.69 Å². The average Bonchev–Trinajstić information content (AvgIpc) is 3.24. The number of carbonyl (C=O) groups excluding carboxylic acids is 1. The highest BCUT2D eigenvalue weighted by atomic mass is 16.5. The highest BCUT2D eigenvalue weighted by molar-refractivity contribution is 5.88. The Morgan fingerprint density at radius 2 is 1.93 bits per heavy atom. The van der Waals surface area contributed by atoms with Gasteiger partial charge in [-0.25, -0.2) is 0 Å². The van der Waals surface area contributed by atoms with Crippen LogP contribution in [0.2, 0.25) is 0 Å². The molecule has 156 valence electrons. The van der Waals surface area contributed by atoms with Crippen LogP contribution in [0.1, 0.15) is 50.5 Å². The molecule has 28 heavy (non-hydrogen) atoms. The molecule has 2 fully saturated rings. The number of amides is 1.